The molecule has 1 aromatic carbocycles. The van der Waals surface area contributed by atoms with E-state index in [-0.39, 0.29) is 18.1 Å². The molecule has 3 heterocycles. The molecule has 1 fully saturated rings. The molecule has 0 bridgehead atoms. The molecule has 8 nitrogen and oxygen atoms in total. The molecular weight excluding hydrogens is 400 g/mol. The van der Waals surface area contributed by atoms with Crippen molar-refractivity contribution in [3.8, 4) is 5.75 Å². The molecule has 0 unspecified atom stereocenters. The Balaban J connectivity index is 1.32. The Hall–Kier alpha value is -3.20. The van der Waals surface area contributed by atoms with Gasteiger partial charge in [-0.1, -0.05) is 12.1 Å². The molecule has 0 atom stereocenters. The van der Waals surface area contributed by atoms with Gasteiger partial charge < -0.3 is 20.2 Å². The van der Waals surface area contributed by atoms with Gasteiger partial charge in [0.25, 0.3) is 0 Å². The van der Waals surface area contributed by atoms with Gasteiger partial charge in [-0.05, 0) is 32.0 Å². The molecular formula is C21H24N6O2S. The minimum atomic E-state index is 0.0615. The number of carbonyl (C=O) groups is 1. The van der Waals surface area contributed by atoms with Crippen LogP contribution in [0.5, 0.6) is 5.75 Å². The van der Waals surface area contributed by atoms with E-state index in [4.69, 9.17) is 0 Å². The quantitative estimate of drug-likeness (QED) is 0.650. The van der Waals surface area contributed by atoms with Gasteiger partial charge in [0.15, 0.2) is 5.13 Å². The zero-order valence-electron chi connectivity index (χ0n) is 17.0. The Kier molecular flexibility index (Phi) is 5.80. The van der Waals surface area contributed by atoms with Gasteiger partial charge in [0, 0.05) is 42.9 Å². The number of anilines is 3. The van der Waals surface area contributed by atoms with E-state index in [9.17, 15) is 9.90 Å². The number of nitrogens with zero attached hydrogens (tertiary/aromatic N) is 5. The van der Waals surface area contributed by atoms with Crippen molar-refractivity contribution in [2.45, 2.75) is 20.3 Å². The van der Waals surface area contributed by atoms with Gasteiger partial charge >= 0.3 is 0 Å². The van der Waals surface area contributed by atoms with Crippen molar-refractivity contribution < 1.29 is 9.90 Å². The number of benzene rings is 1. The normalized spacial score (nSPS) is 14.1. The van der Waals surface area contributed by atoms with Crippen molar-refractivity contribution in [2.24, 2.45) is 0 Å². The van der Waals surface area contributed by atoms with Gasteiger partial charge in [0.05, 0.1) is 17.8 Å². The largest absolute Gasteiger partial charge is 0.506 e. The summed E-state index contributed by atoms with van der Waals surface area (Å²) in [6.07, 6.45) is 0.266. The number of phenols is 1. The topological polar surface area (TPSA) is 94.5 Å². The summed E-state index contributed by atoms with van der Waals surface area (Å²) >= 11 is 1.44. The summed E-state index contributed by atoms with van der Waals surface area (Å²) in [6.45, 7) is 6.47. The first kappa shape index (κ1) is 20.1. The second-order valence-electron chi connectivity index (χ2n) is 7.28. The molecule has 156 valence electrons. The van der Waals surface area contributed by atoms with E-state index < -0.39 is 0 Å². The van der Waals surface area contributed by atoms with Crippen LogP contribution in [0, 0.1) is 13.8 Å². The number of hydrogen-bond acceptors (Lipinski definition) is 8. The smallest absolute Gasteiger partial charge is 0.229 e. The first-order chi connectivity index (χ1) is 14.5. The van der Waals surface area contributed by atoms with E-state index in [1.807, 2.05) is 48.4 Å². The number of thiazole rings is 1. The summed E-state index contributed by atoms with van der Waals surface area (Å²) in [6, 6.07) is 9.21. The number of carbonyl (C=O) groups excluding carboxylic acids is 1. The zero-order valence-corrected chi connectivity index (χ0v) is 17.8. The van der Waals surface area contributed by atoms with Crippen LogP contribution in [0.4, 0.5) is 16.8 Å². The summed E-state index contributed by atoms with van der Waals surface area (Å²) in [5.74, 6) is 0.846. The maximum absolute atomic E-state index is 12.7. The van der Waals surface area contributed by atoms with E-state index in [1.165, 1.54) is 11.3 Å². The molecule has 1 saturated heterocycles. The summed E-state index contributed by atoms with van der Waals surface area (Å²) < 4.78 is 0. The number of piperazine rings is 1. The average molecular weight is 425 g/mol. The molecule has 1 amide bonds. The number of aryl methyl sites for hydroxylation is 2. The van der Waals surface area contributed by atoms with Gasteiger partial charge in [-0.25, -0.2) is 15.0 Å². The molecule has 0 saturated carbocycles. The second-order valence-corrected chi connectivity index (χ2v) is 8.13. The lowest BCUT2D eigenvalue weighted by Gasteiger charge is -2.36. The van der Waals surface area contributed by atoms with Gasteiger partial charge in [0.2, 0.25) is 11.9 Å². The van der Waals surface area contributed by atoms with Crippen molar-refractivity contribution >= 4 is 34.0 Å². The lowest BCUT2D eigenvalue weighted by Crippen LogP contribution is -2.49. The number of aromatic hydroxyl groups is 1. The predicted octanol–water partition coefficient (Wildman–Crippen LogP) is 2.89. The Labute approximate surface area is 179 Å². The van der Waals surface area contributed by atoms with Crippen LogP contribution in [-0.4, -0.2) is 57.0 Å². The van der Waals surface area contributed by atoms with Crippen LogP contribution in [-0.2, 0) is 11.2 Å². The van der Waals surface area contributed by atoms with Crippen LogP contribution in [0.25, 0.3) is 0 Å². The molecule has 9 heteroatoms. The minimum absolute atomic E-state index is 0.0615. The minimum Gasteiger partial charge on any atom is -0.506 e. The monoisotopic (exact) mass is 424 g/mol. The molecule has 0 spiro atoms. The fourth-order valence-corrected chi connectivity index (χ4v) is 4.22. The second kappa shape index (κ2) is 8.66. The van der Waals surface area contributed by atoms with Crippen LogP contribution in [0.3, 0.4) is 0 Å². The van der Waals surface area contributed by atoms with Crippen molar-refractivity contribution in [3.05, 3.63) is 52.8 Å². The Morgan fingerprint density at radius 1 is 1.10 bits per heavy atom. The van der Waals surface area contributed by atoms with Crippen LogP contribution in [0.1, 0.15) is 17.1 Å². The fraction of sp³-hybridized carbons (Fsp3) is 0.333. The maximum Gasteiger partial charge on any atom is 0.229 e. The molecule has 1 aliphatic rings. The molecule has 3 aromatic rings. The first-order valence-corrected chi connectivity index (χ1v) is 10.7. The van der Waals surface area contributed by atoms with E-state index >= 15 is 0 Å². The van der Waals surface area contributed by atoms with Gasteiger partial charge in [0.1, 0.15) is 5.75 Å². The number of amides is 1. The number of aromatic nitrogens is 3. The Morgan fingerprint density at radius 3 is 2.50 bits per heavy atom. The third-order valence-corrected chi connectivity index (χ3v) is 5.75. The molecule has 2 aromatic heterocycles. The number of phenolic OH excluding ortho intramolecular Hbond substituents is 1. The third-order valence-electron chi connectivity index (χ3n) is 4.94. The maximum atomic E-state index is 12.7. The molecule has 30 heavy (non-hydrogen) atoms. The van der Waals surface area contributed by atoms with Gasteiger partial charge in [-0.15, -0.1) is 11.3 Å². The summed E-state index contributed by atoms with van der Waals surface area (Å²) in [7, 11) is 0. The average Bonchev–Trinajstić information content (AvgIpc) is 3.14. The first-order valence-electron chi connectivity index (χ1n) is 9.82. The van der Waals surface area contributed by atoms with Crippen LogP contribution >= 0.6 is 11.3 Å². The summed E-state index contributed by atoms with van der Waals surface area (Å²) in [4.78, 5) is 29.9. The molecule has 0 aliphatic carbocycles. The Bertz CT molecular complexity index is 1030. The van der Waals surface area contributed by atoms with Crippen molar-refractivity contribution in [2.75, 3.05) is 36.4 Å². The number of hydrogen-bond donors (Lipinski definition) is 2. The van der Waals surface area contributed by atoms with Crippen LogP contribution in [0.2, 0.25) is 0 Å². The van der Waals surface area contributed by atoms with Crippen molar-refractivity contribution in [1.29, 1.82) is 0 Å². The molecule has 2 N–H and O–H groups in total. The van der Waals surface area contributed by atoms with E-state index in [0.29, 0.717) is 37.3 Å². The van der Waals surface area contributed by atoms with Gasteiger partial charge in [-0.2, -0.15) is 0 Å². The van der Waals surface area contributed by atoms with Crippen molar-refractivity contribution in [1.82, 2.24) is 19.9 Å². The van der Waals surface area contributed by atoms with E-state index in [1.54, 1.807) is 6.07 Å². The summed E-state index contributed by atoms with van der Waals surface area (Å²) in [5.41, 5.74) is 3.33. The van der Waals surface area contributed by atoms with E-state index in [0.717, 1.165) is 22.8 Å². The standard InChI is InChI=1S/C21H24N6O2S/c1-14-11-15(2)23-20(22-14)25-21-24-16(13-30-21)12-19(29)27-9-7-26(8-10-27)17-5-3-4-6-18(17)28/h3-6,11,13,28H,7-10,12H2,1-2H3,(H,22,23,24,25). The Morgan fingerprint density at radius 2 is 1.80 bits per heavy atom. The number of nitrogens with one attached hydrogen (secondary N) is 1. The highest BCUT2D eigenvalue weighted by atomic mass is 32.1. The third kappa shape index (κ3) is 4.68. The fourth-order valence-electron chi connectivity index (χ4n) is 3.52. The van der Waals surface area contributed by atoms with Gasteiger partial charge in [-0.3, -0.25) is 4.79 Å². The van der Waals surface area contributed by atoms with E-state index in [2.05, 4.69) is 25.2 Å². The highest BCUT2D eigenvalue weighted by Gasteiger charge is 2.23. The molecule has 0 radical (unpaired) electrons. The number of rotatable bonds is 5. The molecule has 1 aliphatic heterocycles. The lowest BCUT2D eigenvalue weighted by molar-refractivity contribution is -0.130. The predicted molar refractivity (Wildman–Crippen MR) is 118 cm³/mol. The SMILES string of the molecule is Cc1cc(C)nc(Nc2nc(CC(=O)N3CCN(c4ccccc4O)CC3)cs2)n1. The lowest BCUT2D eigenvalue weighted by atomic mass is 10.2. The summed E-state index contributed by atoms with van der Waals surface area (Å²) in [5, 5.41) is 15.7. The highest BCUT2D eigenvalue weighted by Crippen LogP contribution is 2.27. The molecule has 4 rings (SSSR count). The number of para-hydroxylation sites is 2. The zero-order chi connectivity index (χ0) is 21.1. The van der Waals surface area contributed by atoms with Crippen LogP contribution in [0.15, 0.2) is 35.7 Å². The highest BCUT2D eigenvalue weighted by molar-refractivity contribution is 7.13. The van der Waals surface area contributed by atoms with Crippen molar-refractivity contribution in [3.63, 3.8) is 0 Å². The van der Waals surface area contributed by atoms with Crippen LogP contribution < -0.4 is 10.2 Å².